The SMILES string of the molecule is COC(=O)C1CN(C(=O)C2CCCN(S(=O)(=O)c3ccccc3)C2)c2ccccc2O1. The minimum atomic E-state index is -3.68. The second-order valence-electron chi connectivity index (χ2n) is 7.56. The zero-order valence-electron chi connectivity index (χ0n) is 17.1. The van der Waals surface area contributed by atoms with Crippen molar-refractivity contribution < 1.29 is 27.5 Å². The van der Waals surface area contributed by atoms with Gasteiger partial charge >= 0.3 is 5.97 Å². The van der Waals surface area contributed by atoms with Crippen LogP contribution < -0.4 is 9.64 Å². The average Bonchev–Trinajstić information content (AvgIpc) is 2.83. The molecule has 0 bridgehead atoms. The number of piperidine rings is 1. The highest BCUT2D eigenvalue weighted by Gasteiger charge is 2.40. The number of sulfonamides is 1. The molecule has 1 saturated heterocycles. The molecule has 0 spiro atoms. The molecule has 0 aliphatic carbocycles. The largest absolute Gasteiger partial charge is 0.475 e. The molecule has 2 aliphatic rings. The summed E-state index contributed by atoms with van der Waals surface area (Å²) in [6.07, 6.45) is 0.216. The Hall–Kier alpha value is -2.91. The number of benzene rings is 2. The van der Waals surface area contributed by atoms with Gasteiger partial charge in [0.05, 0.1) is 30.2 Å². The fraction of sp³-hybridized carbons (Fsp3) is 0.364. The monoisotopic (exact) mass is 444 g/mol. The van der Waals surface area contributed by atoms with Crippen LogP contribution in [0.5, 0.6) is 5.75 Å². The maximum atomic E-state index is 13.5. The first-order chi connectivity index (χ1) is 14.9. The lowest BCUT2D eigenvalue weighted by Gasteiger charge is -2.38. The minimum absolute atomic E-state index is 0.0183. The number of carbonyl (C=O) groups is 2. The van der Waals surface area contributed by atoms with E-state index in [9.17, 15) is 18.0 Å². The second kappa shape index (κ2) is 8.68. The topological polar surface area (TPSA) is 93.2 Å². The van der Waals surface area contributed by atoms with Crippen molar-refractivity contribution in [3.05, 3.63) is 54.6 Å². The molecule has 2 unspecified atom stereocenters. The van der Waals surface area contributed by atoms with Gasteiger partial charge in [-0.3, -0.25) is 4.79 Å². The number of hydrogen-bond donors (Lipinski definition) is 0. The van der Waals surface area contributed by atoms with E-state index in [-0.39, 0.29) is 23.9 Å². The van der Waals surface area contributed by atoms with Crippen molar-refractivity contribution in [2.75, 3.05) is 31.6 Å². The van der Waals surface area contributed by atoms with Crippen molar-refractivity contribution >= 4 is 27.6 Å². The van der Waals surface area contributed by atoms with E-state index < -0.39 is 28.0 Å². The van der Waals surface area contributed by atoms with Gasteiger partial charge in [0.25, 0.3) is 0 Å². The van der Waals surface area contributed by atoms with Crippen molar-refractivity contribution in [3.8, 4) is 5.75 Å². The Balaban J connectivity index is 1.58. The molecular weight excluding hydrogens is 420 g/mol. The summed E-state index contributed by atoms with van der Waals surface area (Å²) in [5.74, 6) is -0.888. The zero-order chi connectivity index (χ0) is 22.0. The first-order valence-electron chi connectivity index (χ1n) is 10.1. The van der Waals surface area contributed by atoms with E-state index in [4.69, 9.17) is 9.47 Å². The van der Waals surface area contributed by atoms with Gasteiger partial charge in [0, 0.05) is 13.1 Å². The minimum Gasteiger partial charge on any atom is -0.475 e. The number of methoxy groups -OCH3 is 1. The predicted molar refractivity (Wildman–Crippen MR) is 113 cm³/mol. The van der Waals surface area contributed by atoms with Gasteiger partial charge in [-0.15, -0.1) is 0 Å². The first kappa shape index (κ1) is 21.3. The van der Waals surface area contributed by atoms with Gasteiger partial charge in [-0.2, -0.15) is 4.31 Å². The third-order valence-corrected chi connectivity index (χ3v) is 7.50. The fourth-order valence-electron chi connectivity index (χ4n) is 4.02. The molecule has 2 aliphatic heterocycles. The van der Waals surface area contributed by atoms with Crippen molar-refractivity contribution in [3.63, 3.8) is 0 Å². The highest BCUT2D eigenvalue weighted by molar-refractivity contribution is 7.89. The van der Waals surface area contributed by atoms with E-state index in [0.717, 1.165) is 0 Å². The lowest BCUT2D eigenvalue weighted by molar-refractivity contribution is -0.148. The molecular formula is C22H24N2O6S. The molecule has 2 aromatic rings. The van der Waals surface area contributed by atoms with E-state index >= 15 is 0 Å². The molecule has 0 N–H and O–H groups in total. The predicted octanol–water partition coefficient (Wildman–Crippen LogP) is 2.05. The summed E-state index contributed by atoms with van der Waals surface area (Å²) >= 11 is 0. The molecule has 2 aromatic carbocycles. The number of fused-ring (bicyclic) bond motifs is 1. The highest BCUT2D eigenvalue weighted by Crippen LogP contribution is 2.35. The molecule has 2 atom stereocenters. The molecule has 0 radical (unpaired) electrons. The molecule has 0 aromatic heterocycles. The van der Waals surface area contributed by atoms with E-state index in [1.54, 1.807) is 54.6 Å². The number of ether oxygens (including phenoxy) is 2. The molecule has 9 heteroatoms. The number of hydrogen-bond acceptors (Lipinski definition) is 6. The molecule has 1 amide bonds. The third-order valence-electron chi connectivity index (χ3n) is 5.62. The van der Waals surface area contributed by atoms with Gasteiger partial charge in [0.1, 0.15) is 5.75 Å². The Bertz CT molecular complexity index is 1070. The molecule has 4 rings (SSSR count). The number of rotatable bonds is 4. The van der Waals surface area contributed by atoms with Crippen molar-refractivity contribution in [1.82, 2.24) is 4.31 Å². The molecule has 8 nitrogen and oxygen atoms in total. The summed E-state index contributed by atoms with van der Waals surface area (Å²) in [4.78, 5) is 27.3. The lowest BCUT2D eigenvalue weighted by atomic mass is 9.97. The Labute approximate surface area is 181 Å². The number of esters is 1. The Morgan fingerprint density at radius 1 is 1.03 bits per heavy atom. The third kappa shape index (κ3) is 4.15. The maximum absolute atomic E-state index is 13.5. The number of para-hydroxylation sites is 2. The zero-order valence-corrected chi connectivity index (χ0v) is 18.0. The highest BCUT2D eigenvalue weighted by atomic mass is 32.2. The van der Waals surface area contributed by atoms with Crippen LogP contribution in [0.1, 0.15) is 12.8 Å². The van der Waals surface area contributed by atoms with Crippen LogP contribution in [-0.4, -0.2) is 57.4 Å². The van der Waals surface area contributed by atoms with Crippen molar-refractivity contribution in [2.24, 2.45) is 5.92 Å². The van der Waals surface area contributed by atoms with Crippen molar-refractivity contribution in [1.29, 1.82) is 0 Å². The van der Waals surface area contributed by atoms with Gasteiger partial charge < -0.3 is 14.4 Å². The van der Waals surface area contributed by atoms with Crippen LogP contribution in [0.3, 0.4) is 0 Å². The summed E-state index contributed by atoms with van der Waals surface area (Å²) in [5, 5.41) is 0. The maximum Gasteiger partial charge on any atom is 0.348 e. The quantitative estimate of drug-likeness (QED) is 0.670. The van der Waals surface area contributed by atoms with Crippen molar-refractivity contribution in [2.45, 2.75) is 23.8 Å². The van der Waals surface area contributed by atoms with E-state index in [1.165, 1.54) is 16.3 Å². The van der Waals surface area contributed by atoms with Gasteiger partial charge in [-0.05, 0) is 37.1 Å². The summed E-state index contributed by atoms with van der Waals surface area (Å²) in [5.41, 5.74) is 0.565. The Kier molecular flexibility index (Phi) is 5.97. The van der Waals surface area contributed by atoms with Crippen LogP contribution >= 0.6 is 0 Å². The second-order valence-corrected chi connectivity index (χ2v) is 9.50. The Morgan fingerprint density at radius 2 is 1.74 bits per heavy atom. The summed E-state index contributed by atoms with van der Waals surface area (Å²) in [6, 6.07) is 15.2. The standard InChI is InChI=1S/C22H24N2O6S/c1-29-22(26)20-15-24(18-11-5-6-12-19(18)30-20)21(25)16-8-7-13-23(14-16)31(27,28)17-9-3-2-4-10-17/h2-6,9-12,16,20H,7-8,13-15H2,1H3. The summed E-state index contributed by atoms with van der Waals surface area (Å²) < 4.78 is 37.9. The number of carbonyl (C=O) groups excluding carboxylic acids is 2. The van der Waals surface area contributed by atoms with Crippen LogP contribution in [0.2, 0.25) is 0 Å². The molecule has 31 heavy (non-hydrogen) atoms. The number of amides is 1. The van der Waals surface area contributed by atoms with Gasteiger partial charge in [-0.1, -0.05) is 30.3 Å². The molecule has 164 valence electrons. The smallest absolute Gasteiger partial charge is 0.348 e. The van der Waals surface area contributed by atoms with Crippen LogP contribution in [0.25, 0.3) is 0 Å². The summed E-state index contributed by atoms with van der Waals surface area (Å²) in [7, 11) is -2.41. The Morgan fingerprint density at radius 3 is 2.48 bits per heavy atom. The average molecular weight is 445 g/mol. The summed E-state index contributed by atoms with van der Waals surface area (Å²) in [6.45, 7) is 0.481. The van der Waals surface area contributed by atoms with Gasteiger partial charge in [-0.25, -0.2) is 13.2 Å². The van der Waals surface area contributed by atoms with Crippen LogP contribution in [0.4, 0.5) is 5.69 Å². The van der Waals surface area contributed by atoms with Crippen LogP contribution in [0, 0.1) is 5.92 Å². The molecule has 1 fully saturated rings. The van der Waals surface area contributed by atoms with E-state index in [0.29, 0.717) is 30.8 Å². The first-order valence-corrected chi connectivity index (χ1v) is 11.6. The van der Waals surface area contributed by atoms with Crippen LogP contribution in [0.15, 0.2) is 59.5 Å². The van der Waals surface area contributed by atoms with Gasteiger partial charge in [0.2, 0.25) is 22.0 Å². The lowest BCUT2D eigenvalue weighted by Crippen LogP contribution is -2.52. The molecule has 0 saturated carbocycles. The fourth-order valence-corrected chi connectivity index (χ4v) is 5.57. The number of anilines is 1. The molecule has 2 heterocycles. The van der Waals surface area contributed by atoms with Gasteiger partial charge in [0.15, 0.2) is 0 Å². The van der Waals surface area contributed by atoms with E-state index in [1.807, 2.05) is 0 Å². The van der Waals surface area contributed by atoms with E-state index in [2.05, 4.69) is 0 Å². The van der Waals surface area contributed by atoms with Crippen LogP contribution in [-0.2, 0) is 24.3 Å². The number of nitrogens with zero attached hydrogens (tertiary/aromatic N) is 2. The normalized spacial score (nSPS) is 21.6.